The highest BCUT2D eigenvalue weighted by atomic mass is 19.4. The molecule has 168 valence electrons. The average Bonchev–Trinajstić information content (AvgIpc) is 2.96. The molecule has 1 saturated heterocycles. The van der Waals surface area contributed by atoms with Gasteiger partial charge in [0, 0.05) is 17.8 Å². The highest BCUT2D eigenvalue weighted by Crippen LogP contribution is 2.32. The Hall–Kier alpha value is -3.96. The normalized spacial score (nSPS) is 19.5. The van der Waals surface area contributed by atoms with Crippen molar-refractivity contribution in [1.29, 1.82) is 0 Å². The fourth-order valence-electron chi connectivity index (χ4n) is 3.23. The quantitative estimate of drug-likeness (QED) is 0.411. The lowest BCUT2D eigenvalue weighted by Gasteiger charge is -2.24. The van der Waals surface area contributed by atoms with Crippen LogP contribution in [-0.4, -0.2) is 33.7 Å². The number of nitro benzene ring substituents is 1. The lowest BCUT2D eigenvalue weighted by Crippen LogP contribution is -2.47. The van der Waals surface area contributed by atoms with Gasteiger partial charge in [0.2, 0.25) is 5.91 Å². The molecule has 32 heavy (non-hydrogen) atoms. The third-order valence-electron chi connectivity index (χ3n) is 5.12. The molecular formula is C20H17F3N4O5. The number of nitrogens with one attached hydrogen (secondary N) is 2. The van der Waals surface area contributed by atoms with Crippen molar-refractivity contribution in [2.24, 2.45) is 0 Å². The van der Waals surface area contributed by atoms with Gasteiger partial charge >= 0.3 is 12.2 Å². The second kappa shape index (κ2) is 7.94. The van der Waals surface area contributed by atoms with Gasteiger partial charge in [0.15, 0.2) is 0 Å². The lowest BCUT2D eigenvalue weighted by molar-refractivity contribution is -0.384. The summed E-state index contributed by atoms with van der Waals surface area (Å²) in [6, 6.07) is 6.57. The Morgan fingerprint density at radius 3 is 2.19 bits per heavy atom. The molecule has 9 nitrogen and oxygen atoms in total. The van der Waals surface area contributed by atoms with Crippen LogP contribution in [-0.2, 0) is 21.3 Å². The maximum absolute atomic E-state index is 13.0. The van der Waals surface area contributed by atoms with Crippen LogP contribution < -0.4 is 10.6 Å². The lowest BCUT2D eigenvalue weighted by atomic mass is 9.91. The van der Waals surface area contributed by atoms with Crippen molar-refractivity contribution < 1.29 is 32.5 Å². The van der Waals surface area contributed by atoms with Crippen molar-refractivity contribution in [2.75, 3.05) is 5.32 Å². The summed E-state index contributed by atoms with van der Waals surface area (Å²) >= 11 is 0. The number of hydrogen-bond acceptors (Lipinski definition) is 5. The van der Waals surface area contributed by atoms with Crippen molar-refractivity contribution in [2.45, 2.75) is 31.6 Å². The number of urea groups is 1. The number of benzene rings is 2. The fourth-order valence-corrected chi connectivity index (χ4v) is 3.23. The van der Waals surface area contributed by atoms with Gasteiger partial charge in [0.1, 0.15) is 11.6 Å². The number of imide groups is 1. The van der Waals surface area contributed by atoms with Gasteiger partial charge in [0.05, 0.1) is 10.5 Å². The minimum Gasteiger partial charge on any atom is -0.324 e. The summed E-state index contributed by atoms with van der Waals surface area (Å²) < 4.78 is 38.0. The molecule has 2 aromatic rings. The van der Waals surface area contributed by atoms with Gasteiger partial charge < -0.3 is 10.6 Å². The summed E-state index contributed by atoms with van der Waals surface area (Å²) in [5.74, 6) is -1.55. The number of halogens is 3. The number of non-ortho nitro benzene ring substituents is 1. The number of rotatable bonds is 5. The number of nitrogens with zero attached hydrogens (tertiary/aromatic N) is 2. The van der Waals surface area contributed by atoms with Crippen LogP contribution in [0, 0.1) is 10.1 Å². The van der Waals surface area contributed by atoms with Gasteiger partial charge in [-0.3, -0.25) is 19.7 Å². The SMILES string of the molecule is C[C@H](C(=O)Nc1ccc(C(F)(F)F)cc1)N1C(=O)N[C@@](C)(c2ccc([N+](=O)[O-])cc2)C1=O. The standard InChI is InChI=1S/C20H17F3N4O5/c1-11(16(28)24-14-7-3-13(4-8-14)20(21,22)23)26-17(29)19(2,25-18(26)30)12-5-9-15(10-6-12)27(31)32/h3-11H,1-2H3,(H,24,28)(H,25,30)/t11-,19+/m1/s1. The number of hydrogen-bond donors (Lipinski definition) is 2. The number of anilines is 1. The molecule has 0 spiro atoms. The predicted octanol–water partition coefficient (Wildman–Crippen LogP) is 3.41. The number of carbonyl (C=O) groups excluding carboxylic acids is 3. The van der Waals surface area contributed by atoms with Crippen molar-refractivity contribution in [1.82, 2.24) is 10.2 Å². The molecule has 0 saturated carbocycles. The number of alkyl halides is 3. The number of amides is 4. The first-order valence-corrected chi connectivity index (χ1v) is 9.23. The van der Waals surface area contributed by atoms with Crippen LogP contribution in [0.15, 0.2) is 48.5 Å². The summed E-state index contributed by atoms with van der Waals surface area (Å²) in [5, 5.41) is 15.7. The Labute approximate surface area is 179 Å². The van der Waals surface area contributed by atoms with Crippen LogP contribution >= 0.6 is 0 Å². The predicted molar refractivity (Wildman–Crippen MR) is 105 cm³/mol. The summed E-state index contributed by atoms with van der Waals surface area (Å²) in [6.07, 6.45) is -4.53. The van der Waals surface area contributed by atoms with E-state index in [4.69, 9.17) is 0 Å². The number of carbonyl (C=O) groups is 3. The summed E-state index contributed by atoms with van der Waals surface area (Å²) in [4.78, 5) is 49.0. The Kier molecular flexibility index (Phi) is 5.64. The topological polar surface area (TPSA) is 122 Å². The highest BCUT2D eigenvalue weighted by Gasteiger charge is 2.51. The Morgan fingerprint density at radius 1 is 1.12 bits per heavy atom. The zero-order valence-electron chi connectivity index (χ0n) is 16.8. The van der Waals surface area contributed by atoms with Crippen molar-refractivity contribution in [3.05, 3.63) is 69.8 Å². The molecule has 0 unspecified atom stereocenters. The third kappa shape index (κ3) is 4.11. The molecule has 2 N–H and O–H groups in total. The molecule has 3 rings (SSSR count). The van der Waals surface area contributed by atoms with Gasteiger partial charge in [-0.15, -0.1) is 0 Å². The molecule has 1 aliphatic rings. The first-order valence-electron chi connectivity index (χ1n) is 9.23. The van der Waals surface area contributed by atoms with Gasteiger partial charge in [-0.1, -0.05) is 0 Å². The molecule has 0 radical (unpaired) electrons. The molecule has 2 atom stereocenters. The van der Waals surface area contributed by atoms with E-state index in [1.807, 2.05) is 0 Å². The summed E-state index contributed by atoms with van der Waals surface area (Å²) in [7, 11) is 0. The summed E-state index contributed by atoms with van der Waals surface area (Å²) in [5.41, 5.74) is -2.32. The van der Waals surface area contributed by atoms with Gasteiger partial charge in [-0.2, -0.15) is 13.2 Å². The van der Waals surface area contributed by atoms with E-state index in [9.17, 15) is 37.7 Å². The molecule has 0 aliphatic carbocycles. The third-order valence-corrected chi connectivity index (χ3v) is 5.12. The van der Waals surface area contributed by atoms with E-state index in [0.717, 1.165) is 24.3 Å². The zero-order valence-corrected chi connectivity index (χ0v) is 16.8. The van der Waals surface area contributed by atoms with E-state index in [-0.39, 0.29) is 16.9 Å². The van der Waals surface area contributed by atoms with Crippen LogP contribution in [0.2, 0.25) is 0 Å². The molecule has 1 aliphatic heterocycles. The molecule has 1 heterocycles. The highest BCUT2D eigenvalue weighted by molar-refractivity contribution is 6.11. The monoisotopic (exact) mass is 450 g/mol. The van der Waals surface area contributed by atoms with Gasteiger partial charge in [-0.05, 0) is 55.8 Å². The zero-order chi connectivity index (χ0) is 23.8. The van der Waals surface area contributed by atoms with Crippen LogP contribution in [0.5, 0.6) is 0 Å². The molecule has 1 fully saturated rings. The molecular weight excluding hydrogens is 433 g/mol. The number of nitro groups is 1. The van der Waals surface area contributed by atoms with E-state index in [2.05, 4.69) is 10.6 Å². The van der Waals surface area contributed by atoms with E-state index in [1.165, 1.54) is 38.1 Å². The van der Waals surface area contributed by atoms with E-state index in [0.29, 0.717) is 4.90 Å². The Morgan fingerprint density at radius 2 is 1.69 bits per heavy atom. The largest absolute Gasteiger partial charge is 0.416 e. The van der Waals surface area contributed by atoms with Crippen molar-refractivity contribution in [3.8, 4) is 0 Å². The van der Waals surface area contributed by atoms with Crippen LogP contribution in [0.1, 0.15) is 25.0 Å². The van der Waals surface area contributed by atoms with Crippen molar-refractivity contribution in [3.63, 3.8) is 0 Å². The molecule has 2 aromatic carbocycles. The second-order valence-electron chi connectivity index (χ2n) is 7.27. The maximum atomic E-state index is 13.0. The van der Waals surface area contributed by atoms with E-state index >= 15 is 0 Å². The first-order chi connectivity index (χ1) is 14.8. The fraction of sp³-hybridized carbons (Fsp3) is 0.250. The van der Waals surface area contributed by atoms with E-state index in [1.54, 1.807) is 0 Å². The molecule has 0 bridgehead atoms. The minimum absolute atomic E-state index is 0.0556. The van der Waals surface area contributed by atoms with Gasteiger partial charge in [0.25, 0.3) is 11.6 Å². The average molecular weight is 450 g/mol. The molecule has 0 aromatic heterocycles. The molecule has 12 heteroatoms. The Bertz CT molecular complexity index is 1090. The van der Waals surface area contributed by atoms with E-state index < -0.39 is 46.1 Å². The smallest absolute Gasteiger partial charge is 0.324 e. The minimum atomic E-state index is -4.53. The second-order valence-corrected chi connectivity index (χ2v) is 7.27. The van der Waals surface area contributed by atoms with Crippen LogP contribution in [0.3, 0.4) is 0 Å². The van der Waals surface area contributed by atoms with Crippen LogP contribution in [0.25, 0.3) is 0 Å². The Balaban J connectivity index is 1.77. The summed E-state index contributed by atoms with van der Waals surface area (Å²) in [6.45, 7) is 2.69. The van der Waals surface area contributed by atoms with Gasteiger partial charge in [-0.25, -0.2) is 9.69 Å². The van der Waals surface area contributed by atoms with Crippen molar-refractivity contribution >= 4 is 29.2 Å². The first kappa shape index (κ1) is 22.7. The van der Waals surface area contributed by atoms with Crippen LogP contribution in [0.4, 0.5) is 29.3 Å². The molecule has 4 amide bonds. The maximum Gasteiger partial charge on any atom is 0.416 e.